The summed E-state index contributed by atoms with van der Waals surface area (Å²) >= 11 is 0. The van der Waals surface area contributed by atoms with Gasteiger partial charge in [0.15, 0.2) is 6.10 Å². The van der Waals surface area contributed by atoms with Crippen molar-refractivity contribution >= 4 is 17.7 Å². The number of anilines is 1. The van der Waals surface area contributed by atoms with Crippen molar-refractivity contribution in [2.75, 3.05) is 25.1 Å². The van der Waals surface area contributed by atoms with E-state index < -0.39 is 23.8 Å². The average Bonchev–Trinajstić information content (AvgIpc) is 2.56. The fourth-order valence-corrected chi connectivity index (χ4v) is 1.86. The molecule has 0 bridgehead atoms. The molecule has 0 aliphatic rings. The van der Waals surface area contributed by atoms with Crippen molar-refractivity contribution in [3.63, 3.8) is 0 Å². The zero-order chi connectivity index (χ0) is 20.4. The SMILES string of the molecule is C=C(C)C(=O)OC(COCC)COc1ccc(NC(=O)OC(C)(C)C)cc1. The molecule has 7 nitrogen and oxygen atoms in total. The van der Waals surface area contributed by atoms with Gasteiger partial charge in [-0.3, -0.25) is 5.32 Å². The second-order valence-electron chi connectivity index (χ2n) is 6.93. The Kier molecular flexibility index (Phi) is 8.81. The van der Waals surface area contributed by atoms with Crippen LogP contribution in [0.15, 0.2) is 36.4 Å². The van der Waals surface area contributed by atoms with E-state index in [2.05, 4.69) is 11.9 Å². The van der Waals surface area contributed by atoms with Gasteiger partial charge in [-0.1, -0.05) is 6.58 Å². The number of nitrogens with one attached hydrogen (secondary N) is 1. The Balaban J connectivity index is 2.57. The Morgan fingerprint density at radius 2 is 1.78 bits per heavy atom. The summed E-state index contributed by atoms with van der Waals surface area (Å²) < 4.78 is 21.5. The van der Waals surface area contributed by atoms with Gasteiger partial charge in [0.25, 0.3) is 0 Å². The first-order chi connectivity index (χ1) is 12.6. The van der Waals surface area contributed by atoms with Crippen molar-refractivity contribution in [3.8, 4) is 5.75 Å². The van der Waals surface area contributed by atoms with E-state index in [1.807, 2.05) is 6.92 Å². The average molecular weight is 379 g/mol. The minimum atomic E-state index is -0.566. The molecule has 27 heavy (non-hydrogen) atoms. The monoisotopic (exact) mass is 379 g/mol. The first-order valence-corrected chi connectivity index (χ1v) is 8.77. The van der Waals surface area contributed by atoms with Crippen LogP contribution < -0.4 is 10.1 Å². The minimum absolute atomic E-state index is 0.137. The maximum Gasteiger partial charge on any atom is 0.412 e. The lowest BCUT2D eigenvalue weighted by molar-refractivity contribution is -0.149. The van der Waals surface area contributed by atoms with E-state index in [0.717, 1.165) is 0 Å². The van der Waals surface area contributed by atoms with E-state index in [1.54, 1.807) is 52.0 Å². The van der Waals surface area contributed by atoms with Crippen molar-refractivity contribution in [2.45, 2.75) is 46.3 Å². The zero-order valence-corrected chi connectivity index (χ0v) is 16.7. The molecular weight excluding hydrogens is 350 g/mol. The van der Waals surface area contributed by atoms with Crippen LogP contribution in [-0.2, 0) is 19.0 Å². The van der Waals surface area contributed by atoms with E-state index in [1.165, 1.54) is 0 Å². The number of amides is 1. The Labute approximate surface area is 160 Å². The molecule has 150 valence electrons. The highest BCUT2D eigenvalue weighted by Gasteiger charge is 2.17. The van der Waals surface area contributed by atoms with Crippen LogP contribution in [0.25, 0.3) is 0 Å². The fraction of sp³-hybridized carbons (Fsp3) is 0.500. The van der Waals surface area contributed by atoms with Gasteiger partial charge in [0.2, 0.25) is 0 Å². The van der Waals surface area contributed by atoms with Gasteiger partial charge in [0, 0.05) is 17.9 Å². The number of esters is 1. The molecule has 1 unspecified atom stereocenters. The standard InChI is InChI=1S/C20H29NO6/c1-7-24-12-17(26-18(22)14(2)3)13-25-16-10-8-15(9-11-16)21-19(23)27-20(4,5)6/h8-11,17H,2,7,12-13H2,1,3-6H3,(H,21,23). The maximum atomic E-state index is 11.8. The zero-order valence-electron chi connectivity index (χ0n) is 16.7. The second kappa shape index (κ2) is 10.6. The van der Waals surface area contributed by atoms with Crippen LogP contribution in [-0.4, -0.2) is 43.6 Å². The van der Waals surface area contributed by atoms with Gasteiger partial charge < -0.3 is 18.9 Å². The summed E-state index contributed by atoms with van der Waals surface area (Å²) in [6.45, 7) is 13.3. The maximum absolute atomic E-state index is 11.8. The van der Waals surface area contributed by atoms with Crippen LogP contribution in [0.4, 0.5) is 10.5 Å². The quantitative estimate of drug-likeness (QED) is 0.517. The molecule has 0 saturated carbocycles. The predicted molar refractivity (Wildman–Crippen MR) is 103 cm³/mol. The number of hydrogen-bond donors (Lipinski definition) is 1. The normalized spacial score (nSPS) is 12.0. The van der Waals surface area contributed by atoms with E-state index in [9.17, 15) is 9.59 Å². The van der Waals surface area contributed by atoms with E-state index in [4.69, 9.17) is 18.9 Å². The molecular formula is C20H29NO6. The lowest BCUT2D eigenvalue weighted by Crippen LogP contribution is -2.30. The smallest absolute Gasteiger partial charge is 0.412 e. The summed E-state index contributed by atoms with van der Waals surface area (Å²) in [6.07, 6.45) is -1.08. The highest BCUT2D eigenvalue weighted by molar-refractivity contribution is 5.87. The second-order valence-corrected chi connectivity index (χ2v) is 6.93. The van der Waals surface area contributed by atoms with Crippen molar-refractivity contribution < 1.29 is 28.5 Å². The van der Waals surface area contributed by atoms with Crippen molar-refractivity contribution in [1.29, 1.82) is 0 Å². The third-order valence-corrected chi connectivity index (χ3v) is 3.07. The fourth-order valence-electron chi connectivity index (χ4n) is 1.86. The molecule has 1 N–H and O–H groups in total. The molecule has 0 aliphatic heterocycles. The van der Waals surface area contributed by atoms with Crippen LogP contribution in [0.5, 0.6) is 5.75 Å². The van der Waals surface area contributed by atoms with Gasteiger partial charge in [-0.15, -0.1) is 0 Å². The van der Waals surface area contributed by atoms with Gasteiger partial charge >= 0.3 is 12.1 Å². The summed E-state index contributed by atoms with van der Waals surface area (Å²) in [7, 11) is 0. The molecule has 1 aromatic carbocycles. The molecule has 0 fully saturated rings. The molecule has 7 heteroatoms. The van der Waals surface area contributed by atoms with E-state index in [0.29, 0.717) is 23.6 Å². The van der Waals surface area contributed by atoms with Gasteiger partial charge in [-0.05, 0) is 58.9 Å². The number of hydrogen-bond acceptors (Lipinski definition) is 6. The summed E-state index contributed by atoms with van der Waals surface area (Å²) in [5.74, 6) is 0.0813. The molecule has 0 saturated heterocycles. The number of carbonyl (C=O) groups is 2. The van der Waals surface area contributed by atoms with E-state index in [-0.39, 0.29) is 13.2 Å². The largest absolute Gasteiger partial charge is 0.490 e. The van der Waals surface area contributed by atoms with Crippen molar-refractivity contribution in [2.24, 2.45) is 0 Å². The highest BCUT2D eigenvalue weighted by atomic mass is 16.6. The number of rotatable bonds is 9. The molecule has 0 aliphatic carbocycles. The Morgan fingerprint density at radius 3 is 2.30 bits per heavy atom. The molecule has 1 rings (SSSR count). The van der Waals surface area contributed by atoms with Gasteiger partial charge in [0.05, 0.1) is 6.61 Å². The Hall–Kier alpha value is -2.54. The van der Waals surface area contributed by atoms with Crippen molar-refractivity contribution in [1.82, 2.24) is 0 Å². The number of benzene rings is 1. The predicted octanol–water partition coefficient (Wildman–Crippen LogP) is 3.94. The molecule has 0 heterocycles. The lowest BCUT2D eigenvalue weighted by Gasteiger charge is -2.20. The molecule has 0 spiro atoms. The summed E-state index contributed by atoms with van der Waals surface area (Å²) in [6, 6.07) is 6.78. The first kappa shape index (κ1) is 22.5. The number of carbonyl (C=O) groups excluding carboxylic acids is 2. The van der Waals surface area contributed by atoms with Crippen LogP contribution in [0.3, 0.4) is 0 Å². The molecule has 0 radical (unpaired) electrons. The minimum Gasteiger partial charge on any atom is -0.490 e. The van der Waals surface area contributed by atoms with Crippen LogP contribution in [0.2, 0.25) is 0 Å². The summed E-state index contributed by atoms with van der Waals surface area (Å²) in [5.41, 5.74) is 0.328. The highest BCUT2D eigenvalue weighted by Crippen LogP contribution is 2.17. The molecule has 1 aromatic rings. The van der Waals surface area contributed by atoms with Gasteiger partial charge in [0.1, 0.15) is 18.0 Å². The van der Waals surface area contributed by atoms with Crippen LogP contribution in [0.1, 0.15) is 34.6 Å². The lowest BCUT2D eigenvalue weighted by atomic mass is 10.2. The van der Waals surface area contributed by atoms with Crippen molar-refractivity contribution in [3.05, 3.63) is 36.4 Å². The third-order valence-electron chi connectivity index (χ3n) is 3.07. The Morgan fingerprint density at radius 1 is 1.15 bits per heavy atom. The van der Waals surface area contributed by atoms with E-state index >= 15 is 0 Å². The number of ether oxygens (including phenoxy) is 4. The van der Waals surface area contributed by atoms with Crippen LogP contribution in [0, 0.1) is 0 Å². The summed E-state index contributed by atoms with van der Waals surface area (Å²) in [5, 5.41) is 2.64. The third kappa shape index (κ3) is 9.65. The van der Waals surface area contributed by atoms with Gasteiger partial charge in [-0.25, -0.2) is 9.59 Å². The molecule has 0 aromatic heterocycles. The first-order valence-electron chi connectivity index (χ1n) is 8.77. The molecule has 1 amide bonds. The summed E-state index contributed by atoms with van der Waals surface area (Å²) in [4.78, 5) is 23.4. The van der Waals surface area contributed by atoms with Crippen LogP contribution >= 0.6 is 0 Å². The topological polar surface area (TPSA) is 83.1 Å². The molecule has 1 atom stereocenters. The Bertz CT molecular complexity index is 633. The van der Waals surface area contributed by atoms with Gasteiger partial charge in [-0.2, -0.15) is 0 Å².